The summed E-state index contributed by atoms with van der Waals surface area (Å²) in [4.78, 5) is 0. The Hall–Kier alpha value is -0.930. The fourth-order valence-electron chi connectivity index (χ4n) is 2.35. The first-order valence-corrected chi connectivity index (χ1v) is 5.72. The van der Waals surface area contributed by atoms with Gasteiger partial charge in [-0.2, -0.15) is 0 Å². The number of rotatable bonds is 4. The molecule has 0 heterocycles. The van der Waals surface area contributed by atoms with E-state index in [4.69, 9.17) is 10.5 Å². The zero-order valence-electron chi connectivity index (χ0n) is 9.58. The van der Waals surface area contributed by atoms with Crippen molar-refractivity contribution in [2.75, 3.05) is 7.11 Å². The molecule has 2 N–H and O–H groups in total. The number of nitrogens with two attached hydrogens (primary N) is 1. The zero-order chi connectivity index (χ0) is 11.6. The Bertz CT molecular complexity index is 357. The molecule has 1 atom stereocenters. The van der Waals surface area contributed by atoms with Crippen molar-refractivity contribution in [3.63, 3.8) is 0 Å². The van der Waals surface area contributed by atoms with E-state index in [1.807, 2.05) is 6.07 Å². The molecule has 3 heteroatoms. The lowest BCUT2D eigenvalue weighted by molar-refractivity contribution is -0.0818. The van der Waals surface area contributed by atoms with Crippen LogP contribution in [0.25, 0.3) is 0 Å². The molecule has 0 aliphatic heterocycles. The van der Waals surface area contributed by atoms with Gasteiger partial charge in [0.1, 0.15) is 5.82 Å². The molecule has 0 spiro atoms. The monoisotopic (exact) mass is 223 g/mol. The molecule has 0 saturated heterocycles. The maximum atomic E-state index is 13.5. The highest BCUT2D eigenvalue weighted by Crippen LogP contribution is 2.41. The van der Waals surface area contributed by atoms with Gasteiger partial charge in [-0.3, -0.25) is 0 Å². The molecule has 2 nitrogen and oxygen atoms in total. The van der Waals surface area contributed by atoms with Crippen molar-refractivity contribution in [2.24, 2.45) is 5.73 Å². The second-order valence-electron chi connectivity index (χ2n) is 4.57. The molecule has 1 saturated carbocycles. The average molecular weight is 223 g/mol. The van der Waals surface area contributed by atoms with Gasteiger partial charge in [-0.1, -0.05) is 18.2 Å². The van der Waals surface area contributed by atoms with Crippen molar-refractivity contribution in [1.29, 1.82) is 0 Å². The van der Waals surface area contributed by atoms with Crippen LogP contribution in [0, 0.1) is 5.82 Å². The van der Waals surface area contributed by atoms with Crippen LogP contribution >= 0.6 is 0 Å². The van der Waals surface area contributed by atoms with Crippen LogP contribution in [0.5, 0.6) is 0 Å². The van der Waals surface area contributed by atoms with E-state index < -0.39 is 0 Å². The summed E-state index contributed by atoms with van der Waals surface area (Å²) in [5.74, 6) is -0.222. The SMILES string of the molecule is COC1(CC(N)c2ccccc2F)CCC1. The second kappa shape index (κ2) is 4.52. The van der Waals surface area contributed by atoms with Gasteiger partial charge in [0.15, 0.2) is 0 Å². The number of ether oxygens (including phenoxy) is 1. The van der Waals surface area contributed by atoms with E-state index in [0.29, 0.717) is 12.0 Å². The Morgan fingerprint density at radius 1 is 1.44 bits per heavy atom. The lowest BCUT2D eigenvalue weighted by atomic mass is 9.75. The quantitative estimate of drug-likeness (QED) is 0.851. The number of hydrogen-bond acceptors (Lipinski definition) is 2. The van der Waals surface area contributed by atoms with Gasteiger partial charge in [-0.15, -0.1) is 0 Å². The Labute approximate surface area is 95.6 Å². The predicted octanol–water partition coefficient (Wildman–Crippen LogP) is 2.78. The molecular weight excluding hydrogens is 205 g/mol. The van der Waals surface area contributed by atoms with Crippen molar-refractivity contribution < 1.29 is 9.13 Å². The van der Waals surface area contributed by atoms with Crippen molar-refractivity contribution >= 4 is 0 Å². The van der Waals surface area contributed by atoms with E-state index in [-0.39, 0.29) is 17.5 Å². The Kier molecular flexibility index (Phi) is 3.26. The minimum Gasteiger partial charge on any atom is -0.378 e. The fraction of sp³-hybridized carbons (Fsp3) is 0.538. The first-order valence-electron chi connectivity index (χ1n) is 5.72. The highest BCUT2D eigenvalue weighted by molar-refractivity contribution is 5.21. The molecule has 0 amide bonds. The van der Waals surface area contributed by atoms with Crippen LogP contribution in [0.3, 0.4) is 0 Å². The van der Waals surface area contributed by atoms with Gasteiger partial charge in [0.05, 0.1) is 5.60 Å². The lowest BCUT2D eigenvalue weighted by Crippen LogP contribution is -2.42. The van der Waals surface area contributed by atoms with Crippen molar-refractivity contribution in [2.45, 2.75) is 37.3 Å². The van der Waals surface area contributed by atoms with Crippen molar-refractivity contribution in [1.82, 2.24) is 0 Å². The maximum Gasteiger partial charge on any atom is 0.127 e. The van der Waals surface area contributed by atoms with Gasteiger partial charge in [-0.25, -0.2) is 4.39 Å². The van der Waals surface area contributed by atoms with Gasteiger partial charge in [0, 0.05) is 18.7 Å². The minimum atomic E-state index is -0.276. The van der Waals surface area contributed by atoms with E-state index in [1.54, 1.807) is 19.2 Å². The Balaban J connectivity index is 2.08. The van der Waals surface area contributed by atoms with Gasteiger partial charge < -0.3 is 10.5 Å². The first-order chi connectivity index (χ1) is 7.67. The number of hydrogen-bond donors (Lipinski definition) is 1. The van der Waals surface area contributed by atoms with Crippen molar-refractivity contribution in [3.05, 3.63) is 35.6 Å². The van der Waals surface area contributed by atoms with Crippen LogP contribution in [0.4, 0.5) is 4.39 Å². The molecule has 1 unspecified atom stereocenters. The van der Waals surface area contributed by atoms with Crippen molar-refractivity contribution in [3.8, 4) is 0 Å². The topological polar surface area (TPSA) is 35.2 Å². The number of halogens is 1. The summed E-state index contributed by atoms with van der Waals surface area (Å²) in [5, 5.41) is 0. The third-order valence-electron chi connectivity index (χ3n) is 3.59. The van der Waals surface area contributed by atoms with E-state index >= 15 is 0 Å². The summed E-state index contributed by atoms with van der Waals surface area (Å²) in [5.41, 5.74) is 6.53. The third-order valence-corrected chi connectivity index (χ3v) is 3.59. The Morgan fingerprint density at radius 2 is 2.12 bits per heavy atom. The summed E-state index contributed by atoms with van der Waals surface area (Å²) in [6.45, 7) is 0. The van der Waals surface area contributed by atoms with Gasteiger partial charge in [-0.05, 0) is 31.7 Å². The number of methoxy groups -OCH3 is 1. The summed E-state index contributed by atoms with van der Waals surface area (Å²) >= 11 is 0. The largest absolute Gasteiger partial charge is 0.378 e. The van der Waals surface area contributed by atoms with Crippen LogP contribution in [0.15, 0.2) is 24.3 Å². The first kappa shape index (κ1) is 11.6. The van der Waals surface area contributed by atoms with Crippen LogP contribution in [0.1, 0.15) is 37.3 Å². The molecule has 0 radical (unpaired) electrons. The Morgan fingerprint density at radius 3 is 2.62 bits per heavy atom. The molecule has 1 aromatic carbocycles. The third kappa shape index (κ3) is 2.11. The van der Waals surface area contributed by atoms with E-state index in [2.05, 4.69) is 0 Å². The van der Waals surface area contributed by atoms with Gasteiger partial charge in [0.25, 0.3) is 0 Å². The fourth-order valence-corrected chi connectivity index (χ4v) is 2.35. The van der Waals surface area contributed by atoms with Crippen LogP contribution in [-0.4, -0.2) is 12.7 Å². The normalized spacial score (nSPS) is 20.2. The van der Waals surface area contributed by atoms with E-state index in [1.165, 1.54) is 12.5 Å². The van der Waals surface area contributed by atoms with E-state index in [9.17, 15) is 4.39 Å². The van der Waals surface area contributed by atoms with Crippen LogP contribution < -0.4 is 5.73 Å². The smallest absolute Gasteiger partial charge is 0.127 e. The van der Waals surface area contributed by atoms with Gasteiger partial charge >= 0.3 is 0 Å². The predicted molar refractivity (Wildman–Crippen MR) is 61.5 cm³/mol. The second-order valence-corrected chi connectivity index (χ2v) is 4.57. The minimum absolute atomic E-state index is 0.109. The summed E-state index contributed by atoms with van der Waals surface area (Å²) < 4.78 is 19.0. The molecule has 0 aromatic heterocycles. The molecule has 1 fully saturated rings. The molecule has 1 aromatic rings. The zero-order valence-corrected chi connectivity index (χ0v) is 9.58. The van der Waals surface area contributed by atoms with E-state index in [0.717, 1.165) is 12.8 Å². The van der Waals surface area contributed by atoms with Crippen LogP contribution in [-0.2, 0) is 4.74 Å². The van der Waals surface area contributed by atoms with Gasteiger partial charge in [0.2, 0.25) is 0 Å². The highest BCUT2D eigenvalue weighted by atomic mass is 19.1. The average Bonchev–Trinajstić information content (AvgIpc) is 2.24. The molecule has 16 heavy (non-hydrogen) atoms. The molecule has 0 bridgehead atoms. The molecule has 1 aliphatic rings. The highest BCUT2D eigenvalue weighted by Gasteiger charge is 2.38. The number of benzene rings is 1. The molecule has 88 valence electrons. The summed E-state index contributed by atoms with van der Waals surface area (Å²) in [7, 11) is 1.72. The molecule has 2 rings (SSSR count). The summed E-state index contributed by atoms with van der Waals surface area (Å²) in [6, 6.07) is 6.43. The summed E-state index contributed by atoms with van der Waals surface area (Å²) in [6.07, 6.45) is 3.94. The molecule has 1 aliphatic carbocycles. The maximum absolute atomic E-state index is 13.5. The lowest BCUT2D eigenvalue weighted by Gasteiger charge is -2.42. The van der Waals surface area contributed by atoms with Crippen LogP contribution in [0.2, 0.25) is 0 Å². The molecular formula is C13H18FNO. The standard InChI is InChI=1S/C13H18FNO/c1-16-13(7-4-8-13)9-12(15)10-5-2-3-6-11(10)14/h2-3,5-6,12H,4,7-9,15H2,1H3.